The largest absolute Gasteiger partial charge is 0.375 e. The molecule has 2 saturated carbocycles. The van der Waals surface area contributed by atoms with E-state index in [4.69, 9.17) is 4.74 Å². The van der Waals surface area contributed by atoms with Crippen LogP contribution in [0.1, 0.15) is 64.7 Å². The second-order valence-corrected chi connectivity index (χ2v) is 6.81. The molecule has 2 heteroatoms. The third-order valence-electron chi connectivity index (χ3n) is 5.31. The van der Waals surface area contributed by atoms with E-state index in [1.54, 1.807) is 0 Å². The minimum Gasteiger partial charge on any atom is -0.375 e. The van der Waals surface area contributed by atoms with Gasteiger partial charge in [-0.3, -0.25) is 0 Å². The molecule has 1 saturated heterocycles. The molecule has 0 bridgehead atoms. The Kier molecular flexibility index (Phi) is 3.95. The summed E-state index contributed by atoms with van der Waals surface area (Å²) >= 11 is 0. The molecule has 2 nitrogen and oxygen atoms in total. The number of ether oxygens (including phenoxy) is 1. The maximum Gasteiger partial charge on any atom is 0.0685 e. The molecular weight excluding hydrogens is 222 g/mol. The van der Waals surface area contributed by atoms with E-state index >= 15 is 0 Å². The van der Waals surface area contributed by atoms with E-state index in [9.17, 15) is 0 Å². The standard InChI is InChI=1S/C16H29NO/c1-2-10-17-15(13-5-6-13)14-7-11-18-16(12-14)8-3-4-9-16/h13-15,17H,2-12H2,1H3. The Balaban J connectivity index is 1.62. The first-order valence-corrected chi connectivity index (χ1v) is 8.20. The maximum absolute atomic E-state index is 6.18. The number of hydrogen-bond donors (Lipinski definition) is 1. The highest BCUT2D eigenvalue weighted by atomic mass is 16.5. The molecule has 0 aromatic rings. The molecule has 0 radical (unpaired) electrons. The Morgan fingerprint density at radius 2 is 1.94 bits per heavy atom. The van der Waals surface area contributed by atoms with Crippen molar-refractivity contribution >= 4 is 0 Å². The monoisotopic (exact) mass is 251 g/mol. The lowest BCUT2D eigenvalue weighted by molar-refractivity contribution is -0.0989. The normalized spacial score (nSPS) is 32.8. The van der Waals surface area contributed by atoms with Crippen molar-refractivity contribution in [1.29, 1.82) is 0 Å². The molecule has 2 aliphatic carbocycles. The quantitative estimate of drug-likeness (QED) is 0.807. The van der Waals surface area contributed by atoms with Gasteiger partial charge in [-0.25, -0.2) is 0 Å². The van der Waals surface area contributed by atoms with Crippen molar-refractivity contribution in [3.8, 4) is 0 Å². The van der Waals surface area contributed by atoms with Gasteiger partial charge in [0.15, 0.2) is 0 Å². The van der Waals surface area contributed by atoms with E-state index in [0.717, 1.165) is 24.5 Å². The summed E-state index contributed by atoms with van der Waals surface area (Å²) in [4.78, 5) is 0. The van der Waals surface area contributed by atoms with E-state index in [2.05, 4.69) is 12.2 Å². The third kappa shape index (κ3) is 2.75. The molecule has 3 fully saturated rings. The van der Waals surface area contributed by atoms with Gasteiger partial charge in [0, 0.05) is 12.6 Å². The van der Waals surface area contributed by atoms with Crippen LogP contribution in [-0.4, -0.2) is 24.8 Å². The second kappa shape index (κ2) is 5.50. The molecule has 1 aliphatic heterocycles. The second-order valence-electron chi connectivity index (χ2n) is 6.81. The Hall–Kier alpha value is -0.0800. The minimum absolute atomic E-state index is 0.296. The van der Waals surface area contributed by atoms with Crippen LogP contribution >= 0.6 is 0 Å². The highest BCUT2D eigenvalue weighted by Gasteiger charge is 2.45. The lowest BCUT2D eigenvalue weighted by atomic mass is 9.79. The molecule has 1 heterocycles. The average Bonchev–Trinajstić information content (AvgIpc) is 3.13. The van der Waals surface area contributed by atoms with E-state index in [1.165, 1.54) is 64.3 Å². The van der Waals surface area contributed by atoms with Gasteiger partial charge in [0.1, 0.15) is 0 Å². The summed E-state index contributed by atoms with van der Waals surface area (Å²) in [5.74, 6) is 1.87. The van der Waals surface area contributed by atoms with Crippen molar-refractivity contribution in [3.63, 3.8) is 0 Å². The van der Waals surface area contributed by atoms with Crippen LogP contribution < -0.4 is 5.32 Å². The van der Waals surface area contributed by atoms with Gasteiger partial charge in [-0.15, -0.1) is 0 Å². The van der Waals surface area contributed by atoms with Crippen molar-refractivity contribution in [2.24, 2.45) is 11.8 Å². The van der Waals surface area contributed by atoms with Gasteiger partial charge >= 0.3 is 0 Å². The van der Waals surface area contributed by atoms with E-state index < -0.39 is 0 Å². The summed E-state index contributed by atoms with van der Waals surface area (Å²) in [5.41, 5.74) is 0.296. The van der Waals surface area contributed by atoms with Crippen LogP contribution in [-0.2, 0) is 4.74 Å². The molecule has 3 rings (SSSR count). The van der Waals surface area contributed by atoms with Gasteiger partial charge < -0.3 is 10.1 Å². The Morgan fingerprint density at radius 1 is 1.17 bits per heavy atom. The number of hydrogen-bond acceptors (Lipinski definition) is 2. The molecule has 3 aliphatic rings. The predicted octanol–water partition coefficient (Wildman–Crippen LogP) is 3.50. The predicted molar refractivity (Wildman–Crippen MR) is 74.7 cm³/mol. The fourth-order valence-electron chi connectivity index (χ4n) is 4.22. The fraction of sp³-hybridized carbons (Fsp3) is 1.00. The van der Waals surface area contributed by atoms with Crippen LogP contribution in [0.4, 0.5) is 0 Å². The van der Waals surface area contributed by atoms with Gasteiger partial charge in [-0.05, 0) is 63.3 Å². The SMILES string of the molecule is CCCNC(C1CC1)C1CCOC2(CCCC2)C1. The van der Waals surface area contributed by atoms with Crippen LogP contribution in [0.3, 0.4) is 0 Å². The lowest BCUT2D eigenvalue weighted by Gasteiger charge is -2.42. The van der Waals surface area contributed by atoms with Crippen molar-refractivity contribution in [3.05, 3.63) is 0 Å². The Labute approximate surface area is 112 Å². The summed E-state index contributed by atoms with van der Waals surface area (Å²) in [6.45, 7) is 4.49. The first-order valence-electron chi connectivity index (χ1n) is 8.20. The Bertz CT molecular complexity index is 268. The van der Waals surface area contributed by atoms with Crippen molar-refractivity contribution in [1.82, 2.24) is 5.32 Å². The zero-order valence-electron chi connectivity index (χ0n) is 11.9. The average molecular weight is 251 g/mol. The molecule has 18 heavy (non-hydrogen) atoms. The number of rotatable bonds is 5. The summed E-state index contributed by atoms with van der Waals surface area (Å²) in [5, 5.41) is 3.85. The van der Waals surface area contributed by atoms with Gasteiger partial charge in [-0.2, -0.15) is 0 Å². The van der Waals surface area contributed by atoms with Crippen LogP contribution in [0, 0.1) is 11.8 Å². The first-order chi connectivity index (χ1) is 8.83. The van der Waals surface area contributed by atoms with Crippen LogP contribution in [0.2, 0.25) is 0 Å². The molecule has 104 valence electrons. The zero-order chi connectivity index (χ0) is 12.4. The fourth-order valence-corrected chi connectivity index (χ4v) is 4.22. The van der Waals surface area contributed by atoms with E-state index in [0.29, 0.717) is 5.60 Å². The summed E-state index contributed by atoms with van der Waals surface area (Å²) in [7, 11) is 0. The van der Waals surface area contributed by atoms with Gasteiger partial charge in [0.25, 0.3) is 0 Å². The van der Waals surface area contributed by atoms with Crippen LogP contribution in [0.5, 0.6) is 0 Å². The lowest BCUT2D eigenvalue weighted by Crippen LogP contribution is -2.47. The topological polar surface area (TPSA) is 21.3 Å². The van der Waals surface area contributed by atoms with Crippen LogP contribution in [0.25, 0.3) is 0 Å². The molecule has 2 atom stereocenters. The summed E-state index contributed by atoms with van der Waals surface area (Å²) in [6, 6.07) is 0.798. The highest BCUT2D eigenvalue weighted by molar-refractivity contribution is 4.98. The van der Waals surface area contributed by atoms with Gasteiger partial charge in [0.2, 0.25) is 0 Å². The van der Waals surface area contributed by atoms with Gasteiger partial charge in [0.05, 0.1) is 5.60 Å². The van der Waals surface area contributed by atoms with Crippen molar-refractivity contribution in [2.75, 3.05) is 13.2 Å². The molecule has 1 spiro atoms. The molecular formula is C16H29NO. The summed E-state index contributed by atoms with van der Waals surface area (Å²) < 4.78 is 6.18. The molecule has 2 unspecified atom stereocenters. The zero-order valence-corrected chi connectivity index (χ0v) is 11.9. The van der Waals surface area contributed by atoms with E-state index in [1.807, 2.05) is 0 Å². The van der Waals surface area contributed by atoms with Crippen molar-refractivity contribution in [2.45, 2.75) is 76.4 Å². The third-order valence-corrected chi connectivity index (χ3v) is 5.31. The van der Waals surface area contributed by atoms with E-state index in [-0.39, 0.29) is 0 Å². The maximum atomic E-state index is 6.18. The molecule has 1 N–H and O–H groups in total. The molecule has 0 aromatic carbocycles. The highest BCUT2D eigenvalue weighted by Crippen LogP contribution is 2.46. The molecule has 0 amide bonds. The van der Waals surface area contributed by atoms with Gasteiger partial charge in [-0.1, -0.05) is 19.8 Å². The van der Waals surface area contributed by atoms with Crippen LogP contribution in [0.15, 0.2) is 0 Å². The smallest absolute Gasteiger partial charge is 0.0685 e. The summed E-state index contributed by atoms with van der Waals surface area (Å²) in [6.07, 6.45) is 12.3. The first kappa shape index (κ1) is 12.9. The number of nitrogens with one attached hydrogen (secondary N) is 1. The minimum atomic E-state index is 0.296. The Morgan fingerprint density at radius 3 is 2.61 bits per heavy atom. The van der Waals surface area contributed by atoms with Crippen molar-refractivity contribution < 1.29 is 4.74 Å². The molecule has 0 aromatic heterocycles.